The molecule has 1 aromatic carbocycles. The van der Waals surface area contributed by atoms with Crippen LogP contribution in [-0.2, 0) is 4.74 Å². The van der Waals surface area contributed by atoms with Crippen LogP contribution in [0.15, 0.2) is 29.2 Å². The molecule has 1 amide bonds. The molecule has 1 fully saturated rings. The Labute approximate surface area is 161 Å². The Hall–Kier alpha value is -1.40. The van der Waals surface area contributed by atoms with E-state index >= 15 is 0 Å². The largest absolute Gasteiger partial charge is 0.494 e. The molecule has 1 unspecified atom stereocenters. The molecule has 0 aromatic heterocycles. The number of hydrogen-bond donors (Lipinski definition) is 1. The molecule has 1 aliphatic heterocycles. The number of hydrogen-bond acceptors (Lipinski definition) is 5. The third kappa shape index (κ3) is 6.09. The molecule has 1 atom stereocenters. The number of benzene rings is 1. The molecule has 1 saturated heterocycles. The smallest absolute Gasteiger partial charge is 0.410 e. The number of nitrogens with two attached hydrogens (primary N) is 1. The average molecular weight is 381 g/mol. The Bertz CT molecular complexity index is 613. The zero-order valence-electron chi connectivity index (χ0n) is 16.6. The van der Waals surface area contributed by atoms with Crippen LogP contribution in [0.3, 0.4) is 0 Å². The van der Waals surface area contributed by atoms with Gasteiger partial charge in [0.1, 0.15) is 11.4 Å². The van der Waals surface area contributed by atoms with Crippen LogP contribution in [-0.4, -0.2) is 35.3 Å². The van der Waals surface area contributed by atoms with Gasteiger partial charge in [0, 0.05) is 17.0 Å². The van der Waals surface area contributed by atoms with E-state index in [-0.39, 0.29) is 11.6 Å². The fourth-order valence-electron chi connectivity index (χ4n) is 3.42. The van der Waals surface area contributed by atoms with Crippen LogP contribution in [0.1, 0.15) is 53.9 Å². The first-order chi connectivity index (χ1) is 12.1. The van der Waals surface area contributed by atoms with Crippen LogP contribution in [0.4, 0.5) is 4.79 Å². The number of rotatable bonds is 6. The van der Waals surface area contributed by atoms with Crippen molar-refractivity contribution in [2.75, 3.05) is 13.2 Å². The minimum Gasteiger partial charge on any atom is -0.494 e. The molecule has 0 bridgehead atoms. The van der Waals surface area contributed by atoms with Crippen LogP contribution in [0.2, 0.25) is 0 Å². The van der Waals surface area contributed by atoms with Gasteiger partial charge in [-0.2, -0.15) is 0 Å². The summed E-state index contributed by atoms with van der Waals surface area (Å²) in [4.78, 5) is 15.3. The van der Waals surface area contributed by atoms with E-state index in [1.165, 1.54) is 11.9 Å². The quantitative estimate of drug-likeness (QED) is 0.565. The molecule has 0 saturated carbocycles. The highest BCUT2D eigenvalue weighted by Gasteiger charge is 2.42. The molecule has 2 rings (SSSR count). The van der Waals surface area contributed by atoms with Crippen molar-refractivity contribution < 1.29 is 14.3 Å². The van der Waals surface area contributed by atoms with Crippen molar-refractivity contribution >= 4 is 18.0 Å². The molecule has 0 radical (unpaired) electrons. The first-order valence-electron chi connectivity index (χ1n) is 9.21. The van der Waals surface area contributed by atoms with Gasteiger partial charge < -0.3 is 14.4 Å². The second-order valence-electron chi connectivity index (χ2n) is 8.56. The topological polar surface area (TPSA) is 64.8 Å². The summed E-state index contributed by atoms with van der Waals surface area (Å²) in [7, 11) is 0. The van der Waals surface area contributed by atoms with Crippen molar-refractivity contribution in [3.63, 3.8) is 0 Å². The molecule has 0 aliphatic carbocycles. The number of likely N-dealkylation sites (tertiary alicyclic amines) is 1. The summed E-state index contributed by atoms with van der Waals surface area (Å²) in [5.41, 5.74) is -0.629. The Morgan fingerprint density at radius 3 is 2.77 bits per heavy atom. The minimum atomic E-state index is -0.463. The molecule has 1 aliphatic rings. The zero-order valence-corrected chi connectivity index (χ0v) is 17.4. The highest BCUT2D eigenvalue weighted by Crippen LogP contribution is 2.36. The van der Waals surface area contributed by atoms with E-state index < -0.39 is 5.60 Å². The second-order valence-corrected chi connectivity index (χ2v) is 9.26. The predicted molar refractivity (Wildman–Crippen MR) is 106 cm³/mol. The first kappa shape index (κ1) is 20.9. The first-order valence-corrected chi connectivity index (χ1v) is 10.1. The van der Waals surface area contributed by atoms with Gasteiger partial charge >= 0.3 is 6.09 Å². The van der Waals surface area contributed by atoms with Gasteiger partial charge in [-0.3, -0.25) is 5.14 Å². The van der Waals surface area contributed by atoms with E-state index in [2.05, 4.69) is 13.8 Å². The van der Waals surface area contributed by atoms with Crippen LogP contribution in [0.25, 0.3) is 0 Å². The Morgan fingerprint density at radius 2 is 2.12 bits per heavy atom. The summed E-state index contributed by atoms with van der Waals surface area (Å²) in [6.45, 7) is 11.4. The number of ether oxygens (including phenoxy) is 2. The molecule has 0 spiro atoms. The van der Waals surface area contributed by atoms with Gasteiger partial charge in [-0.05, 0) is 89.9 Å². The van der Waals surface area contributed by atoms with Crippen LogP contribution in [0, 0.1) is 5.92 Å². The van der Waals surface area contributed by atoms with Crippen molar-refractivity contribution in [1.29, 1.82) is 0 Å². The van der Waals surface area contributed by atoms with Crippen molar-refractivity contribution in [1.82, 2.24) is 4.90 Å². The van der Waals surface area contributed by atoms with Crippen LogP contribution in [0.5, 0.6) is 5.75 Å². The lowest BCUT2D eigenvalue weighted by atomic mass is 9.93. The molecule has 146 valence electrons. The second kappa shape index (κ2) is 8.53. The molecular formula is C20H32N2O3S. The normalized spacial score (nSPS) is 19.5. The maximum atomic E-state index is 12.5. The lowest BCUT2D eigenvalue weighted by Gasteiger charge is -2.33. The fraction of sp³-hybridized carbons (Fsp3) is 0.650. The van der Waals surface area contributed by atoms with Gasteiger partial charge in [0.05, 0.1) is 6.61 Å². The third-order valence-electron chi connectivity index (χ3n) is 4.54. The fourth-order valence-corrected chi connectivity index (χ4v) is 3.76. The van der Waals surface area contributed by atoms with E-state index in [4.69, 9.17) is 14.6 Å². The molecular weight excluding hydrogens is 348 g/mol. The lowest BCUT2D eigenvalue weighted by molar-refractivity contribution is 0.0131. The summed E-state index contributed by atoms with van der Waals surface area (Å²) in [5, 5.41) is 5.58. The van der Waals surface area contributed by atoms with E-state index in [0.717, 1.165) is 36.5 Å². The molecule has 5 nitrogen and oxygen atoms in total. The van der Waals surface area contributed by atoms with Crippen molar-refractivity contribution in [3.8, 4) is 5.75 Å². The van der Waals surface area contributed by atoms with Gasteiger partial charge in [-0.15, -0.1) is 0 Å². The van der Waals surface area contributed by atoms with Crippen LogP contribution < -0.4 is 9.88 Å². The monoisotopic (exact) mass is 380 g/mol. The molecule has 2 N–H and O–H groups in total. The molecule has 6 heteroatoms. The highest BCUT2D eigenvalue weighted by atomic mass is 32.2. The number of carbonyl (C=O) groups is 1. The van der Waals surface area contributed by atoms with Gasteiger partial charge in [0.2, 0.25) is 0 Å². The van der Waals surface area contributed by atoms with E-state index in [1.807, 2.05) is 49.9 Å². The minimum absolute atomic E-state index is 0.166. The van der Waals surface area contributed by atoms with Gasteiger partial charge in [-0.25, -0.2) is 4.79 Å². The maximum Gasteiger partial charge on any atom is 0.410 e. The number of amides is 1. The van der Waals surface area contributed by atoms with Gasteiger partial charge in [0.15, 0.2) is 0 Å². The predicted octanol–water partition coefficient (Wildman–Crippen LogP) is 4.85. The van der Waals surface area contributed by atoms with E-state index in [1.54, 1.807) is 0 Å². The highest BCUT2D eigenvalue weighted by molar-refractivity contribution is 7.97. The van der Waals surface area contributed by atoms with Crippen molar-refractivity contribution in [2.24, 2.45) is 11.1 Å². The third-order valence-corrected chi connectivity index (χ3v) is 5.07. The van der Waals surface area contributed by atoms with Crippen molar-refractivity contribution in [3.05, 3.63) is 24.3 Å². The summed E-state index contributed by atoms with van der Waals surface area (Å²) in [5.74, 6) is 1.33. The maximum absolute atomic E-state index is 12.5. The van der Waals surface area contributed by atoms with E-state index in [0.29, 0.717) is 12.5 Å². The Morgan fingerprint density at radius 1 is 1.38 bits per heavy atom. The standard InChI is InChI=1S/C20H32N2O3S/c1-19(2,3)25-18(23)22-14-15(13-20(22,4)5)8-7-11-24-16-9-6-10-17(12-16)26-21/h6,9-10,12,15H,7-8,11,13-14,21H2,1-5H3. The molecule has 1 heterocycles. The summed E-state index contributed by atoms with van der Waals surface area (Å²) in [6, 6.07) is 7.81. The van der Waals surface area contributed by atoms with E-state index in [9.17, 15) is 4.79 Å². The summed E-state index contributed by atoms with van der Waals surface area (Å²) < 4.78 is 11.4. The Kier molecular flexibility index (Phi) is 6.86. The molecule has 26 heavy (non-hydrogen) atoms. The summed E-state index contributed by atoms with van der Waals surface area (Å²) >= 11 is 1.22. The zero-order chi connectivity index (χ0) is 19.4. The molecule has 1 aromatic rings. The van der Waals surface area contributed by atoms with Crippen LogP contribution >= 0.6 is 11.9 Å². The van der Waals surface area contributed by atoms with Gasteiger partial charge in [-0.1, -0.05) is 6.07 Å². The van der Waals surface area contributed by atoms with Crippen molar-refractivity contribution in [2.45, 2.75) is 69.9 Å². The van der Waals surface area contributed by atoms with Gasteiger partial charge in [0.25, 0.3) is 0 Å². The average Bonchev–Trinajstić information content (AvgIpc) is 2.85. The SMILES string of the molecule is CC(C)(C)OC(=O)N1CC(CCCOc2cccc(SN)c2)CC1(C)C. The lowest BCUT2D eigenvalue weighted by Crippen LogP contribution is -2.45. The summed E-state index contributed by atoms with van der Waals surface area (Å²) in [6.07, 6.45) is 2.78. The number of nitrogens with zero attached hydrogens (tertiary/aromatic N) is 1. The number of carbonyl (C=O) groups excluding carboxylic acids is 1. The Balaban J connectivity index is 1.79.